The molecule has 3 N–H and O–H groups in total. The van der Waals surface area contributed by atoms with Gasteiger partial charge in [-0.15, -0.1) is 0 Å². The van der Waals surface area contributed by atoms with Crippen LogP contribution in [0.2, 0.25) is 0 Å². The maximum Gasteiger partial charge on any atom is 0.224 e. The van der Waals surface area contributed by atoms with Gasteiger partial charge in [-0.1, -0.05) is 0 Å². The minimum atomic E-state index is -0.489. The van der Waals surface area contributed by atoms with Gasteiger partial charge in [0, 0.05) is 25.3 Å². The van der Waals surface area contributed by atoms with Crippen LogP contribution < -0.4 is 11.1 Å². The standard InChI is InChI=1S/C12H17FN2O2/c1-2-17-7-3-4-12(16)15-11-8-9(14)5-6-10(11)13/h5-6,8H,2-4,7,14H2,1H3,(H,15,16). The van der Waals surface area contributed by atoms with Gasteiger partial charge in [0.25, 0.3) is 0 Å². The van der Waals surface area contributed by atoms with Gasteiger partial charge in [-0.05, 0) is 31.5 Å². The molecule has 0 aromatic heterocycles. The molecule has 1 aromatic rings. The van der Waals surface area contributed by atoms with Crippen LogP contribution in [0.25, 0.3) is 0 Å². The van der Waals surface area contributed by atoms with Gasteiger partial charge in [-0.2, -0.15) is 0 Å². The first-order chi connectivity index (χ1) is 8.13. The van der Waals surface area contributed by atoms with Gasteiger partial charge in [-0.25, -0.2) is 4.39 Å². The molecule has 0 saturated carbocycles. The van der Waals surface area contributed by atoms with Crippen LogP contribution in [-0.4, -0.2) is 19.1 Å². The molecule has 4 nitrogen and oxygen atoms in total. The predicted molar refractivity (Wildman–Crippen MR) is 65.2 cm³/mol. The third-order valence-electron chi connectivity index (χ3n) is 2.16. The van der Waals surface area contributed by atoms with E-state index in [2.05, 4.69) is 5.32 Å². The van der Waals surface area contributed by atoms with Crippen LogP contribution in [-0.2, 0) is 9.53 Å². The number of hydrogen-bond donors (Lipinski definition) is 2. The minimum absolute atomic E-state index is 0.117. The number of rotatable bonds is 6. The molecule has 0 aliphatic carbocycles. The fourth-order valence-electron chi connectivity index (χ4n) is 1.33. The second kappa shape index (κ2) is 6.85. The average Bonchev–Trinajstić information content (AvgIpc) is 2.29. The van der Waals surface area contributed by atoms with Crippen molar-refractivity contribution in [3.63, 3.8) is 0 Å². The van der Waals surface area contributed by atoms with Gasteiger partial charge in [0.1, 0.15) is 5.82 Å². The van der Waals surface area contributed by atoms with Crippen LogP contribution >= 0.6 is 0 Å². The number of hydrogen-bond acceptors (Lipinski definition) is 3. The lowest BCUT2D eigenvalue weighted by Gasteiger charge is -2.07. The van der Waals surface area contributed by atoms with Gasteiger partial charge >= 0.3 is 0 Å². The van der Waals surface area contributed by atoms with Crippen LogP contribution in [0, 0.1) is 5.82 Å². The lowest BCUT2D eigenvalue weighted by molar-refractivity contribution is -0.116. The molecule has 0 fully saturated rings. The van der Waals surface area contributed by atoms with E-state index in [1.54, 1.807) is 0 Å². The molecular formula is C12H17FN2O2. The van der Waals surface area contributed by atoms with E-state index in [9.17, 15) is 9.18 Å². The number of carbonyl (C=O) groups excluding carboxylic acids is 1. The van der Waals surface area contributed by atoms with E-state index in [-0.39, 0.29) is 11.6 Å². The van der Waals surface area contributed by atoms with Crippen molar-refractivity contribution >= 4 is 17.3 Å². The Morgan fingerprint density at radius 2 is 2.29 bits per heavy atom. The smallest absolute Gasteiger partial charge is 0.224 e. The Balaban J connectivity index is 2.42. The fraction of sp³-hybridized carbons (Fsp3) is 0.417. The Bertz CT molecular complexity index is 383. The van der Waals surface area contributed by atoms with Crippen molar-refractivity contribution in [3.05, 3.63) is 24.0 Å². The summed E-state index contributed by atoms with van der Waals surface area (Å²) in [6.45, 7) is 3.05. The van der Waals surface area contributed by atoms with Crippen molar-refractivity contribution in [2.24, 2.45) is 0 Å². The number of anilines is 2. The molecule has 94 valence electrons. The van der Waals surface area contributed by atoms with Crippen LogP contribution in [0.4, 0.5) is 15.8 Å². The highest BCUT2D eigenvalue weighted by molar-refractivity contribution is 5.91. The van der Waals surface area contributed by atoms with E-state index in [1.807, 2.05) is 6.92 Å². The molecule has 1 aromatic carbocycles. The Morgan fingerprint density at radius 1 is 1.53 bits per heavy atom. The largest absolute Gasteiger partial charge is 0.399 e. The molecule has 17 heavy (non-hydrogen) atoms. The van der Waals surface area contributed by atoms with E-state index in [0.717, 1.165) is 0 Å². The van der Waals surface area contributed by atoms with E-state index in [1.165, 1.54) is 18.2 Å². The lowest BCUT2D eigenvalue weighted by Crippen LogP contribution is -2.13. The summed E-state index contributed by atoms with van der Waals surface area (Å²) >= 11 is 0. The number of nitrogens with one attached hydrogen (secondary N) is 1. The molecule has 1 amide bonds. The zero-order chi connectivity index (χ0) is 12.7. The van der Waals surface area contributed by atoms with E-state index >= 15 is 0 Å². The molecule has 1 rings (SSSR count). The highest BCUT2D eigenvalue weighted by atomic mass is 19.1. The molecule has 0 spiro atoms. The second-order valence-electron chi connectivity index (χ2n) is 3.59. The number of benzene rings is 1. The summed E-state index contributed by atoms with van der Waals surface area (Å²) in [6.07, 6.45) is 0.915. The zero-order valence-electron chi connectivity index (χ0n) is 9.83. The molecular weight excluding hydrogens is 223 g/mol. The Hall–Kier alpha value is -1.62. The Labute approximate surface area is 100.0 Å². The summed E-state index contributed by atoms with van der Waals surface area (Å²) in [5.41, 5.74) is 6.03. The van der Waals surface area contributed by atoms with Crippen LogP contribution in [0.15, 0.2) is 18.2 Å². The van der Waals surface area contributed by atoms with Crippen molar-refractivity contribution in [3.8, 4) is 0 Å². The summed E-state index contributed by atoms with van der Waals surface area (Å²) in [5.74, 6) is -0.730. The zero-order valence-corrected chi connectivity index (χ0v) is 9.83. The van der Waals surface area contributed by atoms with Gasteiger partial charge in [-0.3, -0.25) is 4.79 Å². The number of amides is 1. The molecule has 0 saturated heterocycles. The summed E-state index contributed by atoms with van der Waals surface area (Å²) in [6, 6.07) is 4.07. The van der Waals surface area contributed by atoms with Gasteiger partial charge in [0.15, 0.2) is 0 Å². The van der Waals surface area contributed by atoms with Crippen LogP contribution in [0.1, 0.15) is 19.8 Å². The van der Waals surface area contributed by atoms with Crippen molar-refractivity contribution < 1.29 is 13.9 Å². The number of carbonyl (C=O) groups is 1. The van der Waals surface area contributed by atoms with Crippen molar-refractivity contribution in [2.45, 2.75) is 19.8 Å². The first kappa shape index (κ1) is 13.4. The quantitative estimate of drug-likeness (QED) is 0.591. The fourth-order valence-corrected chi connectivity index (χ4v) is 1.33. The molecule has 0 atom stereocenters. The number of halogens is 1. The highest BCUT2D eigenvalue weighted by Crippen LogP contribution is 2.17. The average molecular weight is 240 g/mol. The molecule has 0 radical (unpaired) electrons. The molecule has 0 aliphatic heterocycles. The van der Waals surface area contributed by atoms with E-state index in [4.69, 9.17) is 10.5 Å². The predicted octanol–water partition coefficient (Wildman–Crippen LogP) is 2.16. The monoisotopic (exact) mass is 240 g/mol. The number of nitrogens with two attached hydrogens (primary N) is 1. The van der Waals surface area contributed by atoms with Crippen molar-refractivity contribution in [1.82, 2.24) is 0 Å². The van der Waals surface area contributed by atoms with E-state index < -0.39 is 5.82 Å². The Morgan fingerprint density at radius 3 is 3.00 bits per heavy atom. The maximum absolute atomic E-state index is 13.3. The normalized spacial score (nSPS) is 10.2. The summed E-state index contributed by atoms with van der Waals surface area (Å²) < 4.78 is 18.4. The van der Waals surface area contributed by atoms with E-state index in [0.29, 0.717) is 31.7 Å². The molecule has 0 bridgehead atoms. The first-order valence-electron chi connectivity index (χ1n) is 5.56. The second-order valence-corrected chi connectivity index (χ2v) is 3.59. The van der Waals surface area contributed by atoms with Crippen LogP contribution in [0.5, 0.6) is 0 Å². The minimum Gasteiger partial charge on any atom is -0.399 e. The highest BCUT2D eigenvalue weighted by Gasteiger charge is 2.07. The van der Waals surface area contributed by atoms with Gasteiger partial charge in [0.05, 0.1) is 5.69 Å². The SMILES string of the molecule is CCOCCCC(=O)Nc1cc(N)ccc1F. The van der Waals surface area contributed by atoms with Gasteiger partial charge < -0.3 is 15.8 Å². The number of nitrogen functional groups attached to an aromatic ring is 1. The van der Waals surface area contributed by atoms with Crippen molar-refractivity contribution in [2.75, 3.05) is 24.3 Å². The van der Waals surface area contributed by atoms with Gasteiger partial charge in [0.2, 0.25) is 5.91 Å². The summed E-state index contributed by atoms with van der Waals surface area (Å²) in [5, 5.41) is 2.48. The first-order valence-corrected chi connectivity index (χ1v) is 5.56. The third kappa shape index (κ3) is 4.82. The Kier molecular flexibility index (Phi) is 5.42. The molecule has 0 aliphatic rings. The number of ether oxygens (including phenoxy) is 1. The lowest BCUT2D eigenvalue weighted by atomic mass is 10.2. The molecule has 0 heterocycles. The topological polar surface area (TPSA) is 64.3 Å². The summed E-state index contributed by atoms with van der Waals surface area (Å²) in [4.78, 5) is 11.5. The third-order valence-corrected chi connectivity index (χ3v) is 2.16. The van der Waals surface area contributed by atoms with Crippen LogP contribution in [0.3, 0.4) is 0 Å². The molecule has 0 unspecified atom stereocenters. The molecule has 5 heteroatoms. The van der Waals surface area contributed by atoms with Crippen molar-refractivity contribution in [1.29, 1.82) is 0 Å². The maximum atomic E-state index is 13.3. The summed E-state index contributed by atoms with van der Waals surface area (Å²) in [7, 11) is 0.